The van der Waals surface area contributed by atoms with E-state index in [4.69, 9.17) is 9.63 Å². The number of hydrogen-bond acceptors (Lipinski definition) is 5. The molecule has 17 heavy (non-hydrogen) atoms. The number of aryl methyl sites for hydroxylation is 1. The number of aliphatic hydroxyl groups is 1. The predicted octanol–water partition coefficient (Wildman–Crippen LogP) is 3.27. The molecule has 0 bridgehead atoms. The maximum Gasteiger partial charge on any atom is 0.226 e. The molecule has 0 saturated carbocycles. The summed E-state index contributed by atoms with van der Waals surface area (Å²) in [6.45, 7) is 0.248. The number of hydrogen-bond donors (Lipinski definition) is 1. The first-order valence-electron chi connectivity index (χ1n) is 5.47. The second-order valence-electron chi connectivity index (χ2n) is 3.68. The van der Waals surface area contributed by atoms with Crippen LogP contribution in [0.3, 0.4) is 0 Å². The van der Waals surface area contributed by atoms with E-state index >= 15 is 0 Å². The van der Waals surface area contributed by atoms with Gasteiger partial charge in [-0.1, -0.05) is 11.6 Å². The van der Waals surface area contributed by atoms with Crippen molar-refractivity contribution in [1.82, 2.24) is 10.1 Å². The third-order valence-electron chi connectivity index (χ3n) is 2.30. The third-order valence-corrected chi connectivity index (χ3v) is 3.99. The maximum atomic E-state index is 8.66. The highest BCUT2D eigenvalue weighted by atomic mass is 79.9. The van der Waals surface area contributed by atoms with Gasteiger partial charge in [0.25, 0.3) is 0 Å². The van der Waals surface area contributed by atoms with Crippen molar-refractivity contribution in [2.24, 2.45) is 0 Å². The van der Waals surface area contributed by atoms with Crippen LogP contribution in [0, 0.1) is 0 Å². The lowest BCUT2D eigenvalue weighted by atomic mass is 10.2. The van der Waals surface area contributed by atoms with Crippen LogP contribution in [0.5, 0.6) is 0 Å². The van der Waals surface area contributed by atoms with E-state index in [1.165, 1.54) is 0 Å². The van der Waals surface area contributed by atoms with Gasteiger partial charge in [-0.3, -0.25) is 0 Å². The number of aliphatic hydroxyl groups excluding tert-OH is 1. The molecule has 2 rings (SSSR count). The molecule has 0 amide bonds. The molecule has 4 nitrogen and oxygen atoms in total. The molecule has 0 unspecified atom stereocenters. The largest absolute Gasteiger partial charge is 0.396 e. The summed E-state index contributed by atoms with van der Waals surface area (Å²) in [5.74, 6) is 1.32. The van der Waals surface area contributed by atoms with Gasteiger partial charge in [-0.25, -0.2) is 0 Å². The summed E-state index contributed by atoms with van der Waals surface area (Å²) in [7, 11) is 0. The zero-order valence-corrected chi connectivity index (χ0v) is 11.6. The SMILES string of the molecule is OCCCCCc1nc(-c2cc(Br)cs2)no1. The number of aromatic nitrogens is 2. The number of nitrogens with zero attached hydrogens (tertiary/aromatic N) is 2. The highest BCUT2D eigenvalue weighted by Crippen LogP contribution is 2.27. The molecule has 0 aliphatic carbocycles. The third kappa shape index (κ3) is 3.62. The van der Waals surface area contributed by atoms with Crippen LogP contribution in [-0.2, 0) is 6.42 Å². The Labute approximate surface area is 112 Å². The zero-order valence-electron chi connectivity index (χ0n) is 9.23. The molecule has 2 aromatic rings. The second kappa shape index (κ2) is 6.28. The van der Waals surface area contributed by atoms with E-state index in [0.29, 0.717) is 11.7 Å². The van der Waals surface area contributed by atoms with Crippen molar-refractivity contribution in [2.45, 2.75) is 25.7 Å². The number of unbranched alkanes of at least 4 members (excludes halogenated alkanes) is 2. The Bertz CT molecular complexity index is 469. The smallest absolute Gasteiger partial charge is 0.226 e. The standard InChI is InChI=1S/C11H13BrN2O2S/c12-8-6-9(17-7-8)11-13-10(16-14-11)4-2-1-3-5-15/h6-7,15H,1-5H2. The van der Waals surface area contributed by atoms with Crippen LogP contribution in [-0.4, -0.2) is 21.9 Å². The van der Waals surface area contributed by atoms with Gasteiger partial charge in [0.2, 0.25) is 11.7 Å². The summed E-state index contributed by atoms with van der Waals surface area (Å²) in [5, 5.41) is 14.6. The second-order valence-corrected chi connectivity index (χ2v) is 5.50. The van der Waals surface area contributed by atoms with Gasteiger partial charge in [-0.2, -0.15) is 4.98 Å². The molecule has 2 aromatic heterocycles. The Morgan fingerprint density at radius 3 is 2.94 bits per heavy atom. The van der Waals surface area contributed by atoms with Crippen molar-refractivity contribution >= 4 is 27.3 Å². The zero-order chi connectivity index (χ0) is 12.1. The molecule has 0 aliphatic rings. The van der Waals surface area contributed by atoms with Crippen molar-refractivity contribution in [3.8, 4) is 10.7 Å². The molecule has 0 fully saturated rings. The van der Waals surface area contributed by atoms with E-state index in [1.54, 1.807) is 11.3 Å². The molecule has 0 spiro atoms. The molecule has 1 N–H and O–H groups in total. The average Bonchev–Trinajstić information content (AvgIpc) is 2.93. The lowest BCUT2D eigenvalue weighted by Gasteiger charge is -1.93. The van der Waals surface area contributed by atoms with Crippen LogP contribution in [0.25, 0.3) is 10.7 Å². The highest BCUT2D eigenvalue weighted by molar-refractivity contribution is 9.10. The summed E-state index contributed by atoms with van der Waals surface area (Å²) in [6, 6.07) is 1.98. The minimum atomic E-state index is 0.248. The summed E-state index contributed by atoms with van der Waals surface area (Å²) in [5.41, 5.74) is 0. The van der Waals surface area contributed by atoms with Crippen molar-refractivity contribution < 1.29 is 9.63 Å². The summed E-state index contributed by atoms with van der Waals surface area (Å²) >= 11 is 4.98. The Hall–Kier alpha value is -0.720. The molecule has 6 heteroatoms. The van der Waals surface area contributed by atoms with Crippen LogP contribution in [0.1, 0.15) is 25.2 Å². The fourth-order valence-electron chi connectivity index (χ4n) is 1.45. The van der Waals surface area contributed by atoms with Gasteiger partial charge in [-0.15, -0.1) is 11.3 Å². The van der Waals surface area contributed by atoms with E-state index in [-0.39, 0.29) is 6.61 Å². The first-order valence-corrected chi connectivity index (χ1v) is 7.14. The van der Waals surface area contributed by atoms with Crippen molar-refractivity contribution in [3.05, 3.63) is 21.8 Å². The first kappa shape index (κ1) is 12.7. The molecular formula is C11H13BrN2O2S. The molecular weight excluding hydrogens is 304 g/mol. The average molecular weight is 317 g/mol. The Morgan fingerprint density at radius 2 is 2.24 bits per heavy atom. The summed E-state index contributed by atoms with van der Waals surface area (Å²) in [4.78, 5) is 5.34. The van der Waals surface area contributed by atoms with Crippen molar-refractivity contribution in [1.29, 1.82) is 0 Å². The number of rotatable bonds is 6. The molecule has 0 aromatic carbocycles. The minimum Gasteiger partial charge on any atom is -0.396 e. The number of thiophene rings is 1. The van der Waals surface area contributed by atoms with E-state index in [0.717, 1.165) is 35.0 Å². The summed E-state index contributed by atoms with van der Waals surface area (Å²) < 4.78 is 6.21. The van der Waals surface area contributed by atoms with Gasteiger partial charge in [0.05, 0.1) is 4.88 Å². The van der Waals surface area contributed by atoms with Crippen molar-refractivity contribution in [2.75, 3.05) is 6.61 Å². The van der Waals surface area contributed by atoms with Gasteiger partial charge in [0.1, 0.15) is 0 Å². The maximum absolute atomic E-state index is 8.66. The lowest BCUT2D eigenvalue weighted by molar-refractivity contribution is 0.281. The molecule has 0 radical (unpaired) electrons. The Morgan fingerprint density at radius 1 is 1.35 bits per heavy atom. The molecule has 2 heterocycles. The number of halogens is 1. The van der Waals surface area contributed by atoms with Crippen LogP contribution in [0.15, 0.2) is 20.4 Å². The fraction of sp³-hybridized carbons (Fsp3) is 0.455. The van der Waals surface area contributed by atoms with E-state index in [2.05, 4.69) is 26.1 Å². The van der Waals surface area contributed by atoms with Gasteiger partial charge in [-0.05, 0) is 34.8 Å². The van der Waals surface area contributed by atoms with Crippen LogP contribution < -0.4 is 0 Å². The van der Waals surface area contributed by atoms with Gasteiger partial charge >= 0.3 is 0 Å². The van der Waals surface area contributed by atoms with Crippen LogP contribution in [0.4, 0.5) is 0 Å². The van der Waals surface area contributed by atoms with Gasteiger partial charge < -0.3 is 9.63 Å². The minimum absolute atomic E-state index is 0.248. The summed E-state index contributed by atoms with van der Waals surface area (Å²) in [6.07, 6.45) is 3.56. The highest BCUT2D eigenvalue weighted by Gasteiger charge is 2.10. The van der Waals surface area contributed by atoms with E-state index < -0.39 is 0 Å². The van der Waals surface area contributed by atoms with Crippen LogP contribution >= 0.6 is 27.3 Å². The van der Waals surface area contributed by atoms with E-state index in [1.807, 2.05) is 11.4 Å². The van der Waals surface area contributed by atoms with Gasteiger partial charge in [0, 0.05) is 22.9 Å². The van der Waals surface area contributed by atoms with E-state index in [9.17, 15) is 0 Å². The van der Waals surface area contributed by atoms with Crippen LogP contribution in [0.2, 0.25) is 0 Å². The van der Waals surface area contributed by atoms with Crippen molar-refractivity contribution in [3.63, 3.8) is 0 Å². The topological polar surface area (TPSA) is 59.2 Å². The normalized spacial score (nSPS) is 10.9. The molecule has 92 valence electrons. The predicted molar refractivity (Wildman–Crippen MR) is 70.0 cm³/mol. The first-order chi connectivity index (χ1) is 8.29. The monoisotopic (exact) mass is 316 g/mol. The molecule has 0 atom stereocenters. The fourth-order valence-corrected chi connectivity index (χ4v) is 2.80. The molecule has 0 saturated heterocycles. The quantitative estimate of drug-likeness (QED) is 0.831. The van der Waals surface area contributed by atoms with Gasteiger partial charge in [0.15, 0.2) is 0 Å². The Balaban J connectivity index is 1.92. The lowest BCUT2D eigenvalue weighted by Crippen LogP contribution is -1.88. The Kier molecular flexibility index (Phi) is 4.70. The molecule has 0 aliphatic heterocycles.